The van der Waals surface area contributed by atoms with Gasteiger partial charge in [-0.1, -0.05) is 184 Å². The zero-order chi connectivity index (χ0) is 73.6. The summed E-state index contributed by atoms with van der Waals surface area (Å²) in [6.45, 7) is 7.89. The summed E-state index contributed by atoms with van der Waals surface area (Å²) >= 11 is 61.0. The number of thiophene rings is 3. The maximum atomic E-state index is 13.5. The summed E-state index contributed by atoms with van der Waals surface area (Å²) in [6.07, 6.45) is 12.1. The Morgan fingerprint density at radius 2 is 0.743 bits per heavy atom. The summed E-state index contributed by atoms with van der Waals surface area (Å²) in [5, 5.41) is 26.4. The molecule has 3 N–H and O–H groups in total. The molecule has 15 nitrogen and oxygen atoms in total. The maximum absolute atomic E-state index is 13.5. The van der Waals surface area contributed by atoms with Crippen molar-refractivity contribution in [3.05, 3.63) is 271 Å². The standard InChI is InChI=1S/C26H26Cl3N3O2S.2C26H20Cl3N3O2S/c3*1-15(16-5-3-2-4-6-16)30-26(33)24-20-14-34-13-17(11-19-8-10-23(29)35-19)25(20)32(31-24)22-9-7-18(27)12-21(22)28/h7-12,15-16H,2-6,13-14H2,1H3,(H,30,33);2*2-12,15H,13-14H2,1H3,(H,30,33)/b3*17-11+/t3*15-/m010/s1. The van der Waals surface area contributed by atoms with Gasteiger partial charge in [-0.05, 0) is 160 Å². The second-order valence-electron chi connectivity index (χ2n) is 25.3. The number of fused-ring (bicyclic) bond motifs is 3. The van der Waals surface area contributed by atoms with Gasteiger partial charge in [-0.25, -0.2) is 14.0 Å². The number of hydrogen-bond acceptors (Lipinski definition) is 12. The number of rotatable bonds is 15. The van der Waals surface area contributed by atoms with Gasteiger partial charge in [-0.15, -0.1) is 34.0 Å². The second kappa shape index (κ2) is 34.5. The van der Waals surface area contributed by atoms with Gasteiger partial charge in [0, 0.05) is 69.2 Å². The molecule has 1 aliphatic carbocycles. The monoisotopic (exact) mass is 1640 g/mol. The fourth-order valence-electron chi connectivity index (χ4n) is 13.0. The van der Waals surface area contributed by atoms with Crippen molar-refractivity contribution in [3.63, 3.8) is 0 Å². The van der Waals surface area contributed by atoms with Crippen LogP contribution in [0.1, 0.15) is 156 Å². The molecule has 1 saturated carbocycles. The van der Waals surface area contributed by atoms with E-state index in [0.29, 0.717) is 121 Å². The molecule has 3 amide bonds. The third kappa shape index (κ3) is 17.9. The zero-order valence-corrected chi connectivity index (χ0v) is 65.8. The molecule has 0 saturated heterocycles. The summed E-state index contributed by atoms with van der Waals surface area (Å²) < 4.78 is 24.9. The summed E-state index contributed by atoms with van der Waals surface area (Å²) in [7, 11) is 0. The molecule has 11 aromatic rings. The van der Waals surface area contributed by atoms with Crippen LogP contribution in [-0.2, 0) is 34.0 Å². The van der Waals surface area contributed by atoms with Crippen molar-refractivity contribution in [1.29, 1.82) is 0 Å². The molecule has 0 radical (unpaired) electrons. The van der Waals surface area contributed by atoms with Crippen molar-refractivity contribution in [1.82, 2.24) is 45.3 Å². The van der Waals surface area contributed by atoms with Crippen LogP contribution in [0, 0.1) is 5.92 Å². The third-order valence-corrected chi connectivity index (χ3v) is 23.3. The number of halogens is 9. The average molecular weight is 1640 g/mol. The lowest BCUT2D eigenvalue weighted by Crippen LogP contribution is -2.39. The van der Waals surface area contributed by atoms with E-state index in [-0.39, 0.29) is 49.1 Å². The van der Waals surface area contributed by atoms with Gasteiger partial charge in [-0.2, -0.15) is 15.3 Å². The Labute approximate surface area is 664 Å². The van der Waals surface area contributed by atoms with Gasteiger partial charge in [0.05, 0.1) is 114 Å². The predicted octanol–water partition coefficient (Wildman–Crippen LogP) is 22.6. The molecule has 0 bridgehead atoms. The molecular formula is C78H66Cl9N9O6S3. The van der Waals surface area contributed by atoms with Crippen molar-refractivity contribution >= 4 is 191 Å². The van der Waals surface area contributed by atoms with E-state index in [0.717, 1.165) is 78.0 Å². The molecule has 105 heavy (non-hydrogen) atoms. The molecule has 6 aromatic heterocycles. The SMILES string of the molecule is C[C@@H](NC(=O)c1nn(-c2ccc(Cl)cc2Cl)c2c1COC/C2=C\c1ccc(Cl)s1)c1ccccc1.C[C@H](NC(=O)c1nn(-c2ccc(Cl)cc2Cl)c2c1COC/C2=C\c1ccc(Cl)s1)C1CCCCC1.C[C@H](NC(=O)c1nn(-c2ccc(Cl)cc2Cl)c2c1COC/C2=C\c1ccc(Cl)s1)c1ccccc1. The van der Waals surface area contributed by atoms with Gasteiger partial charge in [0.25, 0.3) is 17.7 Å². The molecule has 0 spiro atoms. The zero-order valence-electron chi connectivity index (χ0n) is 56.5. The Hall–Kier alpha value is -7.05. The van der Waals surface area contributed by atoms with E-state index in [4.69, 9.17) is 134 Å². The number of nitrogens with zero attached hydrogens (tertiary/aromatic N) is 6. The van der Waals surface area contributed by atoms with E-state index < -0.39 is 0 Å². The highest BCUT2D eigenvalue weighted by molar-refractivity contribution is 7.17. The maximum Gasteiger partial charge on any atom is 0.272 e. The Morgan fingerprint density at radius 1 is 0.419 bits per heavy atom. The lowest BCUT2D eigenvalue weighted by molar-refractivity contribution is 0.0902. The van der Waals surface area contributed by atoms with Gasteiger partial charge < -0.3 is 30.2 Å². The smallest absolute Gasteiger partial charge is 0.272 e. The molecule has 3 aliphatic heterocycles. The van der Waals surface area contributed by atoms with Crippen LogP contribution in [0.3, 0.4) is 0 Å². The first-order chi connectivity index (χ1) is 50.7. The number of ether oxygens (including phenoxy) is 3. The molecule has 9 heterocycles. The summed E-state index contributed by atoms with van der Waals surface area (Å²) in [5.41, 5.74) is 12.1. The first-order valence-electron chi connectivity index (χ1n) is 33.6. The van der Waals surface area contributed by atoms with Gasteiger partial charge in [-0.3, -0.25) is 14.4 Å². The highest BCUT2D eigenvalue weighted by atomic mass is 35.5. The molecule has 4 aliphatic rings. The topological polar surface area (TPSA) is 168 Å². The predicted molar refractivity (Wildman–Crippen MR) is 429 cm³/mol. The largest absolute Gasteiger partial charge is 0.372 e. The van der Waals surface area contributed by atoms with Crippen molar-refractivity contribution in [2.75, 3.05) is 19.8 Å². The van der Waals surface area contributed by atoms with E-state index in [1.54, 1.807) is 62.6 Å². The summed E-state index contributed by atoms with van der Waals surface area (Å²) in [5.74, 6) is -0.269. The normalized spacial score (nSPS) is 16.2. The van der Waals surface area contributed by atoms with Crippen molar-refractivity contribution in [2.24, 2.45) is 5.92 Å². The first-order valence-corrected chi connectivity index (χ1v) is 39.4. The van der Waals surface area contributed by atoms with Crippen LogP contribution in [0.2, 0.25) is 43.1 Å². The molecule has 540 valence electrons. The molecule has 15 rings (SSSR count). The highest BCUT2D eigenvalue weighted by Crippen LogP contribution is 2.41. The van der Waals surface area contributed by atoms with E-state index in [1.807, 2.05) is 135 Å². The quantitative estimate of drug-likeness (QED) is 0.0905. The third-order valence-electron chi connectivity index (χ3n) is 18.2. The van der Waals surface area contributed by atoms with Crippen molar-refractivity contribution in [3.8, 4) is 17.1 Å². The van der Waals surface area contributed by atoms with Crippen LogP contribution in [0.4, 0.5) is 0 Å². The highest BCUT2D eigenvalue weighted by Gasteiger charge is 2.35. The Balaban J connectivity index is 0.000000140. The van der Waals surface area contributed by atoms with Crippen molar-refractivity contribution in [2.45, 2.75) is 90.8 Å². The fourth-order valence-corrected chi connectivity index (χ4v) is 17.6. The molecule has 1 fully saturated rings. The Bertz CT molecular complexity index is 4920. The summed E-state index contributed by atoms with van der Waals surface area (Å²) in [6, 6.07) is 46.3. The Kier molecular flexibility index (Phi) is 25.0. The van der Waals surface area contributed by atoms with Crippen LogP contribution >= 0.6 is 138 Å². The van der Waals surface area contributed by atoms with E-state index in [9.17, 15) is 14.4 Å². The minimum absolute atomic E-state index is 0.0792. The molecule has 5 aromatic carbocycles. The lowest BCUT2D eigenvalue weighted by atomic mass is 9.84. The number of carbonyl (C=O) groups excluding carboxylic acids is 3. The van der Waals surface area contributed by atoms with Gasteiger partial charge in [0.1, 0.15) is 0 Å². The molecule has 0 unspecified atom stereocenters. The molecule has 27 heteroatoms. The number of aromatic nitrogens is 6. The van der Waals surface area contributed by atoms with Crippen LogP contribution < -0.4 is 16.0 Å². The van der Waals surface area contributed by atoms with Crippen LogP contribution in [-0.4, -0.2) is 72.9 Å². The van der Waals surface area contributed by atoms with Crippen LogP contribution in [0.25, 0.3) is 52.0 Å². The number of amides is 3. The first kappa shape index (κ1) is 76.2. The average Bonchev–Trinajstić information content (AvgIpc) is 1.62. The second-order valence-corrected chi connectivity index (χ2v) is 33.1. The van der Waals surface area contributed by atoms with Crippen LogP contribution in [0.5, 0.6) is 0 Å². The molecule has 3 atom stereocenters. The van der Waals surface area contributed by atoms with Gasteiger partial charge in [0.2, 0.25) is 0 Å². The molecular weight excluding hydrogens is 1570 g/mol. The van der Waals surface area contributed by atoms with E-state index in [1.165, 1.54) is 53.3 Å². The van der Waals surface area contributed by atoms with Gasteiger partial charge >= 0.3 is 0 Å². The van der Waals surface area contributed by atoms with Gasteiger partial charge in [0.15, 0.2) is 17.1 Å². The lowest BCUT2D eigenvalue weighted by Gasteiger charge is -2.28. The summed E-state index contributed by atoms with van der Waals surface area (Å²) in [4.78, 5) is 43.3. The van der Waals surface area contributed by atoms with E-state index in [2.05, 4.69) is 22.9 Å². The number of nitrogens with one attached hydrogen (secondary N) is 3. The number of hydrogen-bond donors (Lipinski definition) is 3. The Morgan fingerprint density at radius 3 is 1.05 bits per heavy atom. The van der Waals surface area contributed by atoms with Crippen LogP contribution in [0.15, 0.2) is 152 Å². The minimum atomic E-state index is -0.287. The van der Waals surface area contributed by atoms with E-state index >= 15 is 0 Å². The number of benzene rings is 5. The minimum Gasteiger partial charge on any atom is -0.372 e. The fraction of sp³-hybridized carbons (Fsp3) is 0.231. The van der Waals surface area contributed by atoms with Crippen molar-refractivity contribution < 1.29 is 28.6 Å². The number of carbonyl (C=O) groups is 3.